The molecule has 1 aromatic carbocycles. The number of sulfonamides is 1. The molecule has 0 atom stereocenters. The molecule has 168 valence electrons. The lowest BCUT2D eigenvalue weighted by Gasteiger charge is -2.31. The molecule has 0 saturated carbocycles. The van der Waals surface area contributed by atoms with Crippen LogP contribution in [0.15, 0.2) is 40.7 Å². The van der Waals surface area contributed by atoms with E-state index in [1.807, 2.05) is 0 Å². The summed E-state index contributed by atoms with van der Waals surface area (Å²) in [5.74, 6) is -0.225. The quantitative estimate of drug-likeness (QED) is 0.653. The van der Waals surface area contributed by atoms with E-state index in [0.29, 0.717) is 49.8 Å². The van der Waals surface area contributed by atoms with Crippen LogP contribution in [-0.2, 0) is 14.8 Å². The second-order valence-electron chi connectivity index (χ2n) is 7.13. The Morgan fingerprint density at radius 2 is 1.77 bits per heavy atom. The number of carbonyl (C=O) groups excluding carboxylic acids is 2. The molecule has 1 saturated heterocycles. The Bertz CT molecular complexity index is 981. The zero-order chi connectivity index (χ0) is 22.4. The fourth-order valence-corrected chi connectivity index (χ4v) is 5.45. The predicted molar refractivity (Wildman–Crippen MR) is 121 cm³/mol. The summed E-state index contributed by atoms with van der Waals surface area (Å²) in [7, 11) is -3.53. The van der Waals surface area contributed by atoms with Crippen molar-refractivity contribution in [1.82, 2.24) is 14.2 Å². The van der Waals surface area contributed by atoms with Crippen LogP contribution in [0.5, 0.6) is 0 Å². The van der Waals surface area contributed by atoms with Gasteiger partial charge in [-0.15, -0.1) is 11.3 Å². The van der Waals surface area contributed by atoms with Gasteiger partial charge in [0, 0.05) is 49.4 Å². The van der Waals surface area contributed by atoms with Crippen molar-refractivity contribution in [2.75, 3.05) is 36.8 Å². The van der Waals surface area contributed by atoms with Gasteiger partial charge in [0.15, 0.2) is 5.13 Å². The molecule has 2 heterocycles. The average Bonchev–Trinajstić information content (AvgIpc) is 3.28. The maximum atomic E-state index is 12.6. The van der Waals surface area contributed by atoms with Gasteiger partial charge in [0.25, 0.3) is 0 Å². The molecule has 3 rings (SSSR count). The first-order valence-corrected chi connectivity index (χ1v) is 12.5. The third kappa shape index (κ3) is 5.60. The van der Waals surface area contributed by atoms with Crippen LogP contribution in [-0.4, -0.2) is 60.7 Å². The van der Waals surface area contributed by atoms with Crippen molar-refractivity contribution < 1.29 is 18.0 Å². The number of amides is 3. The van der Waals surface area contributed by atoms with Crippen LogP contribution in [0.25, 0.3) is 0 Å². The number of anilines is 2. The summed E-state index contributed by atoms with van der Waals surface area (Å²) in [6.07, 6.45) is 2.79. The third-order valence-corrected chi connectivity index (χ3v) is 8.02. The molecule has 2 N–H and O–H groups in total. The van der Waals surface area contributed by atoms with Crippen molar-refractivity contribution in [3.05, 3.63) is 35.8 Å². The number of aromatic nitrogens is 1. The summed E-state index contributed by atoms with van der Waals surface area (Å²) in [6.45, 7) is 5.32. The van der Waals surface area contributed by atoms with Crippen LogP contribution in [0.3, 0.4) is 0 Å². The molecule has 31 heavy (non-hydrogen) atoms. The van der Waals surface area contributed by atoms with E-state index in [1.54, 1.807) is 42.5 Å². The summed E-state index contributed by atoms with van der Waals surface area (Å²) >= 11 is 1.37. The maximum Gasteiger partial charge on any atom is 0.321 e. The Hall–Kier alpha value is -2.50. The zero-order valence-electron chi connectivity index (χ0n) is 17.6. The molecule has 2 aromatic rings. The molecule has 3 amide bonds. The molecular weight excluding hydrogens is 438 g/mol. The van der Waals surface area contributed by atoms with Crippen molar-refractivity contribution in [2.24, 2.45) is 5.92 Å². The zero-order valence-corrected chi connectivity index (χ0v) is 19.2. The first-order valence-electron chi connectivity index (χ1n) is 10.2. The number of carbonyl (C=O) groups is 2. The Morgan fingerprint density at radius 3 is 2.32 bits per heavy atom. The monoisotopic (exact) mass is 465 g/mol. The highest BCUT2D eigenvalue weighted by molar-refractivity contribution is 7.89. The van der Waals surface area contributed by atoms with Gasteiger partial charge in [0.1, 0.15) is 0 Å². The molecule has 1 aliphatic heterocycles. The minimum absolute atomic E-state index is 0.0694. The van der Waals surface area contributed by atoms with Crippen LogP contribution in [0.1, 0.15) is 26.7 Å². The highest BCUT2D eigenvalue weighted by Crippen LogP contribution is 2.22. The molecule has 1 aromatic heterocycles. The Morgan fingerprint density at radius 1 is 1.13 bits per heavy atom. The number of thiazole rings is 1. The van der Waals surface area contributed by atoms with Crippen LogP contribution >= 0.6 is 11.3 Å². The summed E-state index contributed by atoms with van der Waals surface area (Å²) in [6, 6.07) is 5.90. The third-order valence-electron chi connectivity index (χ3n) is 5.26. The summed E-state index contributed by atoms with van der Waals surface area (Å²) in [4.78, 5) is 30.8. The van der Waals surface area contributed by atoms with Gasteiger partial charge < -0.3 is 15.5 Å². The summed E-state index contributed by atoms with van der Waals surface area (Å²) < 4.78 is 26.5. The standard InChI is InChI=1S/C20H27N5O4S2/c1-3-25(4-2)31(28,29)17-7-5-16(6-8-17)22-20(27)24-12-9-15(10-13-24)18(26)23-19-21-11-14-30-19/h5-8,11,14-15H,3-4,9-10,12-13H2,1-2H3,(H,22,27)(H,21,23,26). The van der Waals surface area contributed by atoms with Crippen LogP contribution in [0, 0.1) is 5.92 Å². The first-order chi connectivity index (χ1) is 14.8. The highest BCUT2D eigenvalue weighted by atomic mass is 32.2. The molecule has 0 unspecified atom stereocenters. The molecule has 9 nitrogen and oxygen atoms in total. The van der Waals surface area contributed by atoms with Crippen LogP contribution in [0.2, 0.25) is 0 Å². The number of benzene rings is 1. The summed E-state index contributed by atoms with van der Waals surface area (Å²) in [5, 5.41) is 7.98. The number of likely N-dealkylation sites (tertiary alicyclic amines) is 1. The maximum absolute atomic E-state index is 12.6. The molecular formula is C20H27N5O4S2. The van der Waals surface area contributed by atoms with E-state index in [1.165, 1.54) is 27.8 Å². The van der Waals surface area contributed by atoms with Crippen molar-refractivity contribution in [1.29, 1.82) is 0 Å². The van der Waals surface area contributed by atoms with Crippen molar-refractivity contribution >= 4 is 44.1 Å². The topological polar surface area (TPSA) is 112 Å². The van der Waals surface area contributed by atoms with Gasteiger partial charge in [0.05, 0.1) is 4.90 Å². The SMILES string of the molecule is CCN(CC)S(=O)(=O)c1ccc(NC(=O)N2CCC(C(=O)Nc3nccs3)CC2)cc1. The fourth-order valence-electron chi connectivity index (χ4n) is 3.46. The lowest BCUT2D eigenvalue weighted by Crippen LogP contribution is -2.43. The van der Waals surface area contributed by atoms with E-state index < -0.39 is 10.0 Å². The van der Waals surface area contributed by atoms with Crippen LogP contribution in [0.4, 0.5) is 15.6 Å². The smallest absolute Gasteiger partial charge is 0.321 e. The number of hydrogen-bond acceptors (Lipinski definition) is 6. The predicted octanol–water partition coefficient (Wildman–Crippen LogP) is 3.06. The Kier molecular flexibility index (Phi) is 7.63. The molecule has 11 heteroatoms. The number of piperidine rings is 1. The van der Waals surface area contributed by atoms with Crippen LogP contribution < -0.4 is 10.6 Å². The molecule has 0 bridgehead atoms. The van der Waals surface area contributed by atoms with E-state index in [-0.39, 0.29) is 22.8 Å². The number of rotatable bonds is 7. The normalized spacial score (nSPS) is 15.1. The second kappa shape index (κ2) is 10.2. The van der Waals surface area contributed by atoms with Crippen molar-refractivity contribution in [3.63, 3.8) is 0 Å². The molecule has 1 aliphatic rings. The minimum Gasteiger partial charge on any atom is -0.324 e. The number of hydrogen-bond donors (Lipinski definition) is 2. The van der Waals surface area contributed by atoms with Gasteiger partial charge in [-0.25, -0.2) is 18.2 Å². The average molecular weight is 466 g/mol. The minimum atomic E-state index is -3.53. The number of nitrogens with zero attached hydrogens (tertiary/aromatic N) is 3. The number of urea groups is 1. The lowest BCUT2D eigenvalue weighted by molar-refractivity contribution is -0.121. The second-order valence-corrected chi connectivity index (χ2v) is 9.96. The highest BCUT2D eigenvalue weighted by Gasteiger charge is 2.28. The summed E-state index contributed by atoms with van der Waals surface area (Å²) in [5.41, 5.74) is 0.520. The fraction of sp³-hybridized carbons (Fsp3) is 0.450. The van der Waals surface area contributed by atoms with Gasteiger partial charge in [-0.1, -0.05) is 13.8 Å². The molecule has 1 fully saturated rings. The van der Waals surface area contributed by atoms with Gasteiger partial charge in [-0.2, -0.15) is 4.31 Å². The first kappa shape index (κ1) is 23.2. The van der Waals surface area contributed by atoms with E-state index >= 15 is 0 Å². The van der Waals surface area contributed by atoms with E-state index in [9.17, 15) is 18.0 Å². The van der Waals surface area contributed by atoms with E-state index in [4.69, 9.17) is 0 Å². The van der Waals surface area contributed by atoms with Gasteiger partial charge in [0.2, 0.25) is 15.9 Å². The molecule has 0 aliphatic carbocycles. The van der Waals surface area contributed by atoms with E-state index in [2.05, 4.69) is 15.6 Å². The number of nitrogens with one attached hydrogen (secondary N) is 2. The molecule has 0 radical (unpaired) electrons. The lowest BCUT2D eigenvalue weighted by atomic mass is 9.96. The Labute approximate surface area is 186 Å². The van der Waals surface area contributed by atoms with E-state index in [0.717, 1.165) is 0 Å². The van der Waals surface area contributed by atoms with Gasteiger partial charge in [-0.3, -0.25) is 4.79 Å². The largest absolute Gasteiger partial charge is 0.324 e. The van der Waals surface area contributed by atoms with Gasteiger partial charge in [-0.05, 0) is 37.1 Å². The van der Waals surface area contributed by atoms with Gasteiger partial charge >= 0.3 is 6.03 Å². The van der Waals surface area contributed by atoms with Crippen molar-refractivity contribution in [2.45, 2.75) is 31.6 Å². The Balaban J connectivity index is 1.52. The van der Waals surface area contributed by atoms with Crippen molar-refractivity contribution in [3.8, 4) is 0 Å². The molecule has 0 spiro atoms.